The van der Waals surface area contributed by atoms with Crippen LogP contribution in [0.5, 0.6) is 0 Å². The van der Waals surface area contributed by atoms with Crippen LogP contribution in [0.25, 0.3) is 5.69 Å². The van der Waals surface area contributed by atoms with E-state index in [0.29, 0.717) is 18.2 Å². The number of aromatic nitrogens is 2. The molecule has 2 aromatic rings. The third-order valence-corrected chi connectivity index (χ3v) is 4.87. The highest BCUT2D eigenvalue weighted by molar-refractivity contribution is 5.92. The highest BCUT2D eigenvalue weighted by atomic mass is 16.6. The maximum Gasteiger partial charge on any atom is 0.294 e. The number of nitro groups is 1. The van der Waals surface area contributed by atoms with Crippen LogP contribution in [0, 0.1) is 23.0 Å². The number of aryl methyl sites for hydroxylation is 1. The first-order valence-electron chi connectivity index (χ1n) is 9.31. The summed E-state index contributed by atoms with van der Waals surface area (Å²) in [7, 11) is 0. The number of nitrogens with zero attached hydrogens (tertiary/aromatic N) is 3. The number of rotatable bonds is 6. The first-order valence-corrected chi connectivity index (χ1v) is 9.31. The smallest absolute Gasteiger partial charge is 0.294 e. The molecule has 0 bridgehead atoms. The Labute approximate surface area is 161 Å². The summed E-state index contributed by atoms with van der Waals surface area (Å²) in [6, 6.07) is 7.34. The van der Waals surface area contributed by atoms with E-state index >= 15 is 0 Å². The van der Waals surface area contributed by atoms with Gasteiger partial charge < -0.3 is 10.6 Å². The van der Waals surface area contributed by atoms with Crippen LogP contribution < -0.4 is 16.1 Å². The lowest BCUT2D eigenvalue weighted by Crippen LogP contribution is -2.35. The van der Waals surface area contributed by atoms with Gasteiger partial charge in [-0.3, -0.25) is 19.7 Å². The van der Waals surface area contributed by atoms with E-state index < -0.39 is 16.3 Å². The van der Waals surface area contributed by atoms with Crippen molar-refractivity contribution >= 4 is 11.6 Å². The third kappa shape index (κ3) is 4.42. The van der Waals surface area contributed by atoms with E-state index in [0.717, 1.165) is 32.4 Å². The first-order chi connectivity index (χ1) is 13.5. The van der Waals surface area contributed by atoms with Crippen molar-refractivity contribution in [2.24, 2.45) is 5.92 Å². The summed E-state index contributed by atoms with van der Waals surface area (Å²) >= 11 is 0. The largest absolute Gasteiger partial charge is 0.351 e. The second-order valence-electron chi connectivity index (χ2n) is 6.91. The van der Waals surface area contributed by atoms with Gasteiger partial charge in [0.05, 0.1) is 4.92 Å². The molecule has 0 radical (unpaired) electrons. The van der Waals surface area contributed by atoms with Crippen molar-refractivity contribution in [2.75, 3.05) is 19.6 Å². The Balaban J connectivity index is 1.80. The second kappa shape index (κ2) is 8.75. The number of amides is 1. The van der Waals surface area contributed by atoms with Gasteiger partial charge in [-0.05, 0) is 51.3 Å². The molecule has 9 nitrogen and oxygen atoms in total. The Morgan fingerprint density at radius 1 is 1.43 bits per heavy atom. The van der Waals surface area contributed by atoms with Crippen LogP contribution >= 0.6 is 0 Å². The Kier molecular flexibility index (Phi) is 6.15. The SMILES string of the molecule is Cc1cc(=O)c(C(=O)NCCC2CCCNC2)nn1-c1ccccc1[N+](=O)[O-]. The number of piperidine rings is 1. The second-order valence-corrected chi connectivity index (χ2v) is 6.91. The summed E-state index contributed by atoms with van der Waals surface area (Å²) in [5.74, 6) is -0.0650. The van der Waals surface area contributed by atoms with E-state index in [1.165, 1.54) is 22.9 Å². The van der Waals surface area contributed by atoms with Crippen LogP contribution in [-0.4, -0.2) is 40.2 Å². The normalized spacial score (nSPS) is 16.5. The lowest BCUT2D eigenvalue weighted by molar-refractivity contribution is -0.384. The van der Waals surface area contributed by atoms with E-state index in [1.807, 2.05) is 0 Å². The number of benzene rings is 1. The number of nitrogens with one attached hydrogen (secondary N) is 2. The molecule has 28 heavy (non-hydrogen) atoms. The molecule has 1 amide bonds. The molecule has 148 valence electrons. The van der Waals surface area contributed by atoms with Gasteiger partial charge in [-0.25, -0.2) is 4.68 Å². The zero-order valence-electron chi connectivity index (χ0n) is 15.7. The van der Waals surface area contributed by atoms with Gasteiger partial charge in [-0.1, -0.05) is 12.1 Å². The van der Waals surface area contributed by atoms with Crippen molar-refractivity contribution in [3.8, 4) is 5.69 Å². The third-order valence-electron chi connectivity index (χ3n) is 4.87. The van der Waals surface area contributed by atoms with E-state index in [2.05, 4.69) is 15.7 Å². The molecule has 1 atom stereocenters. The Bertz CT molecular complexity index is 934. The molecule has 1 aromatic heterocycles. The van der Waals surface area contributed by atoms with Crippen LogP contribution in [0.1, 0.15) is 35.4 Å². The lowest BCUT2D eigenvalue weighted by atomic mass is 9.96. The van der Waals surface area contributed by atoms with Gasteiger partial charge in [0.1, 0.15) is 5.69 Å². The molecule has 1 saturated heterocycles. The molecule has 9 heteroatoms. The van der Waals surface area contributed by atoms with Crippen LogP contribution in [0.2, 0.25) is 0 Å². The van der Waals surface area contributed by atoms with Gasteiger partial charge in [-0.15, -0.1) is 0 Å². The molecular weight excluding hydrogens is 362 g/mol. The molecule has 2 N–H and O–H groups in total. The minimum Gasteiger partial charge on any atom is -0.351 e. The highest BCUT2D eigenvalue weighted by Gasteiger charge is 2.20. The van der Waals surface area contributed by atoms with Crippen molar-refractivity contribution in [2.45, 2.75) is 26.2 Å². The molecule has 2 heterocycles. The van der Waals surface area contributed by atoms with Crippen LogP contribution in [0.4, 0.5) is 5.69 Å². The van der Waals surface area contributed by atoms with Gasteiger partial charge >= 0.3 is 0 Å². The molecule has 1 unspecified atom stereocenters. The van der Waals surface area contributed by atoms with E-state index in [1.54, 1.807) is 19.1 Å². The molecule has 0 saturated carbocycles. The predicted octanol–water partition coefficient (Wildman–Crippen LogP) is 1.57. The fourth-order valence-corrected chi connectivity index (χ4v) is 3.39. The molecular formula is C19H23N5O4. The standard InChI is InChI=1S/C19H23N5O4/c1-13-11-17(25)18(19(26)21-10-8-14-5-4-9-20-12-14)22-23(13)15-6-2-3-7-16(15)24(27)28/h2-3,6-7,11,14,20H,4-5,8-10,12H2,1H3,(H,21,26). The van der Waals surface area contributed by atoms with E-state index in [-0.39, 0.29) is 17.1 Å². The fraction of sp³-hybridized carbons (Fsp3) is 0.421. The zero-order valence-corrected chi connectivity index (χ0v) is 15.7. The average Bonchev–Trinajstić information content (AvgIpc) is 2.69. The number of carbonyl (C=O) groups excluding carboxylic acids is 1. The molecule has 1 aliphatic heterocycles. The Morgan fingerprint density at radius 2 is 2.21 bits per heavy atom. The van der Waals surface area contributed by atoms with Crippen molar-refractivity contribution in [3.63, 3.8) is 0 Å². The minimum absolute atomic E-state index is 0.155. The Hall–Kier alpha value is -3.07. The summed E-state index contributed by atoms with van der Waals surface area (Å²) in [6.07, 6.45) is 3.07. The van der Waals surface area contributed by atoms with Crippen molar-refractivity contribution in [3.05, 3.63) is 62.1 Å². The zero-order chi connectivity index (χ0) is 20.1. The molecule has 1 fully saturated rings. The average molecular weight is 385 g/mol. The first kappa shape index (κ1) is 19.7. The van der Waals surface area contributed by atoms with E-state index in [9.17, 15) is 19.7 Å². The Morgan fingerprint density at radius 3 is 2.93 bits per heavy atom. The minimum atomic E-state index is -0.568. The topological polar surface area (TPSA) is 119 Å². The number of para-hydroxylation sites is 2. The lowest BCUT2D eigenvalue weighted by Gasteiger charge is -2.22. The molecule has 3 rings (SSSR count). The van der Waals surface area contributed by atoms with Crippen LogP contribution in [-0.2, 0) is 0 Å². The van der Waals surface area contributed by atoms with Crippen LogP contribution in [0.15, 0.2) is 35.1 Å². The molecule has 1 aliphatic rings. The summed E-state index contributed by atoms with van der Waals surface area (Å²) in [5, 5.41) is 21.5. The van der Waals surface area contributed by atoms with Crippen molar-refractivity contribution in [1.82, 2.24) is 20.4 Å². The summed E-state index contributed by atoms with van der Waals surface area (Å²) in [6.45, 7) is 4.03. The van der Waals surface area contributed by atoms with Crippen molar-refractivity contribution < 1.29 is 9.72 Å². The fourth-order valence-electron chi connectivity index (χ4n) is 3.39. The van der Waals surface area contributed by atoms with Gasteiger partial charge in [0, 0.05) is 24.4 Å². The van der Waals surface area contributed by atoms with Gasteiger partial charge in [0.25, 0.3) is 11.6 Å². The quantitative estimate of drug-likeness (QED) is 0.575. The number of nitro benzene ring substituents is 1. The summed E-state index contributed by atoms with van der Waals surface area (Å²) < 4.78 is 1.26. The monoisotopic (exact) mass is 385 g/mol. The number of carbonyl (C=O) groups is 1. The highest BCUT2D eigenvalue weighted by Crippen LogP contribution is 2.22. The summed E-state index contributed by atoms with van der Waals surface area (Å²) in [5.41, 5.74) is -0.330. The number of hydrogen-bond acceptors (Lipinski definition) is 6. The van der Waals surface area contributed by atoms with Crippen molar-refractivity contribution in [1.29, 1.82) is 0 Å². The maximum absolute atomic E-state index is 12.5. The molecule has 0 spiro atoms. The number of hydrogen-bond donors (Lipinski definition) is 2. The summed E-state index contributed by atoms with van der Waals surface area (Å²) in [4.78, 5) is 35.5. The molecule has 1 aromatic carbocycles. The van der Waals surface area contributed by atoms with Gasteiger partial charge in [0.15, 0.2) is 5.69 Å². The van der Waals surface area contributed by atoms with Gasteiger partial charge in [-0.2, -0.15) is 5.10 Å². The van der Waals surface area contributed by atoms with Crippen LogP contribution in [0.3, 0.4) is 0 Å². The maximum atomic E-state index is 12.5. The van der Waals surface area contributed by atoms with Gasteiger partial charge in [0.2, 0.25) is 5.43 Å². The molecule has 0 aliphatic carbocycles. The van der Waals surface area contributed by atoms with E-state index in [4.69, 9.17) is 0 Å². The predicted molar refractivity (Wildman–Crippen MR) is 104 cm³/mol.